The van der Waals surface area contributed by atoms with Crippen LogP contribution in [0.25, 0.3) is 0 Å². The van der Waals surface area contributed by atoms with E-state index in [0.717, 1.165) is 24.0 Å². The van der Waals surface area contributed by atoms with E-state index < -0.39 is 5.60 Å². The minimum absolute atomic E-state index is 0.126. The van der Waals surface area contributed by atoms with Crippen molar-refractivity contribution >= 4 is 0 Å². The van der Waals surface area contributed by atoms with Crippen LogP contribution in [0.3, 0.4) is 0 Å². The lowest BCUT2D eigenvalue weighted by Gasteiger charge is -2.39. The lowest BCUT2D eigenvalue weighted by molar-refractivity contribution is 0.0159. The van der Waals surface area contributed by atoms with Gasteiger partial charge in [0.15, 0.2) is 0 Å². The first kappa shape index (κ1) is 11.4. The molecule has 1 N–H and O–H groups in total. The lowest BCUT2D eigenvalue weighted by Crippen LogP contribution is -2.35. The summed E-state index contributed by atoms with van der Waals surface area (Å²) in [5.41, 5.74) is 2.64. The third kappa shape index (κ3) is 1.73. The summed E-state index contributed by atoms with van der Waals surface area (Å²) in [7, 11) is 0. The van der Waals surface area contributed by atoms with Gasteiger partial charge in [0.25, 0.3) is 0 Å². The molecule has 0 bridgehead atoms. The molecule has 1 aromatic carbocycles. The number of aliphatic hydroxyl groups is 1. The fourth-order valence-electron chi connectivity index (χ4n) is 3.07. The van der Waals surface area contributed by atoms with Crippen LogP contribution in [0.1, 0.15) is 36.0 Å². The standard InChI is InChI=1S/C16H17NO/c1-16(18)14-7-3-2-5-12(14)8-9-15(16)13-6-4-10-17-11-13/h2-7,10-11,15,18H,8-9H2,1H3/t15-,16-/m1/s1. The molecular formula is C16H17NO. The number of pyridine rings is 1. The topological polar surface area (TPSA) is 33.1 Å². The second-order valence-electron chi connectivity index (χ2n) is 5.18. The van der Waals surface area contributed by atoms with Gasteiger partial charge in [-0.25, -0.2) is 0 Å². The van der Waals surface area contributed by atoms with Crippen LogP contribution in [0.5, 0.6) is 0 Å². The third-order valence-corrected chi connectivity index (χ3v) is 4.03. The Kier molecular flexibility index (Phi) is 2.67. The predicted octanol–water partition coefficient (Wildman–Crippen LogP) is 3.02. The molecule has 2 atom stereocenters. The Balaban J connectivity index is 2.06. The van der Waals surface area contributed by atoms with Crippen LogP contribution in [0.15, 0.2) is 48.8 Å². The van der Waals surface area contributed by atoms with E-state index >= 15 is 0 Å². The zero-order valence-corrected chi connectivity index (χ0v) is 10.5. The maximum atomic E-state index is 10.9. The molecule has 0 spiro atoms. The van der Waals surface area contributed by atoms with Crippen molar-refractivity contribution in [3.63, 3.8) is 0 Å². The number of fused-ring (bicyclic) bond motifs is 1. The third-order valence-electron chi connectivity index (χ3n) is 4.03. The molecule has 2 nitrogen and oxygen atoms in total. The average molecular weight is 239 g/mol. The number of aromatic nitrogens is 1. The van der Waals surface area contributed by atoms with Crippen molar-refractivity contribution in [3.05, 3.63) is 65.5 Å². The summed E-state index contributed by atoms with van der Waals surface area (Å²) < 4.78 is 0. The molecule has 1 aliphatic rings. The van der Waals surface area contributed by atoms with Gasteiger partial charge in [-0.3, -0.25) is 4.98 Å². The minimum atomic E-state index is -0.808. The summed E-state index contributed by atoms with van der Waals surface area (Å²) >= 11 is 0. The molecule has 1 heterocycles. The van der Waals surface area contributed by atoms with E-state index in [1.165, 1.54) is 5.56 Å². The van der Waals surface area contributed by atoms with Crippen LogP contribution in [0, 0.1) is 0 Å². The summed E-state index contributed by atoms with van der Waals surface area (Å²) in [6, 6.07) is 12.2. The van der Waals surface area contributed by atoms with Crippen molar-refractivity contribution in [2.75, 3.05) is 0 Å². The summed E-state index contributed by atoms with van der Waals surface area (Å²) in [4.78, 5) is 4.17. The van der Waals surface area contributed by atoms with Gasteiger partial charge in [-0.15, -0.1) is 0 Å². The van der Waals surface area contributed by atoms with E-state index in [9.17, 15) is 5.11 Å². The van der Waals surface area contributed by atoms with Gasteiger partial charge >= 0.3 is 0 Å². The number of hydrogen-bond acceptors (Lipinski definition) is 2. The fourth-order valence-corrected chi connectivity index (χ4v) is 3.07. The zero-order chi connectivity index (χ0) is 12.6. The SMILES string of the molecule is C[C@@]1(O)c2ccccc2CC[C@@H]1c1cccnc1. The maximum Gasteiger partial charge on any atom is 0.0940 e. The number of rotatable bonds is 1. The number of benzene rings is 1. The molecule has 0 fully saturated rings. The van der Waals surface area contributed by atoms with Crippen LogP contribution in [-0.4, -0.2) is 10.1 Å². The van der Waals surface area contributed by atoms with Gasteiger partial charge in [-0.2, -0.15) is 0 Å². The van der Waals surface area contributed by atoms with E-state index in [4.69, 9.17) is 0 Å². The quantitative estimate of drug-likeness (QED) is 0.829. The van der Waals surface area contributed by atoms with Crippen molar-refractivity contribution in [3.8, 4) is 0 Å². The van der Waals surface area contributed by atoms with E-state index in [2.05, 4.69) is 17.1 Å². The predicted molar refractivity (Wildman–Crippen MR) is 71.3 cm³/mol. The van der Waals surface area contributed by atoms with Gasteiger partial charge in [0.05, 0.1) is 5.60 Å². The molecule has 1 aliphatic carbocycles. The van der Waals surface area contributed by atoms with Gasteiger partial charge in [0.1, 0.15) is 0 Å². The molecule has 3 rings (SSSR count). The highest BCUT2D eigenvalue weighted by atomic mass is 16.3. The molecule has 2 heteroatoms. The molecule has 0 unspecified atom stereocenters. The Morgan fingerprint density at radius 1 is 1.22 bits per heavy atom. The summed E-state index contributed by atoms with van der Waals surface area (Å²) in [5.74, 6) is 0.126. The minimum Gasteiger partial charge on any atom is -0.385 e. The highest BCUT2D eigenvalue weighted by Crippen LogP contribution is 2.44. The van der Waals surface area contributed by atoms with Crippen molar-refractivity contribution < 1.29 is 5.11 Å². The van der Waals surface area contributed by atoms with Crippen molar-refractivity contribution in [1.82, 2.24) is 4.98 Å². The van der Waals surface area contributed by atoms with E-state index in [1.807, 2.05) is 37.4 Å². The second-order valence-corrected chi connectivity index (χ2v) is 5.18. The highest BCUT2D eigenvalue weighted by Gasteiger charge is 2.39. The Morgan fingerprint density at radius 3 is 2.83 bits per heavy atom. The maximum absolute atomic E-state index is 10.9. The first-order valence-electron chi connectivity index (χ1n) is 6.40. The van der Waals surface area contributed by atoms with Crippen molar-refractivity contribution in [2.45, 2.75) is 31.3 Å². The Bertz CT molecular complexity index is 548. The Hall–Kier alpha value is -1.67. The zero-order valence-electron chi connectivity index (χ0n) is 10.5. The van der Waals surface area contributed by atoms with Gasteiger partial charge < -0.3 is 5.11 Å². The molecule has 0 amide bonds. The molecule has 92 valence electrons. The average Bonchev–Trinajstić information content (AvgIpc) is 2.40. The van der Waals surface area contributed by atoms with E-state index in [-0.39, 0.29) is 5.92 Å². The van der Waals surface area contributed by atoms with Crippen LogP contribution in [0.2, 0.25) is 0 Å². The fraction of sp³-hybridized carbons (Fsp3) is 0.312. The Morgan fingerprint density at radius 2 is 2.06 bits per heavy atom. The molecule has 2 aromatic rings. The summed E-state index contributed by atoms with van der Waals surface area (Å²) in [6.45, 7) is 1.92. The van der Waals surface area contributed by atoms with Crippen LogP contribution < -0.4 is 0 Å². The normalized spacial score (nSPS) is 26.7. The smallest absolute Gasteiger partial charge is 0.0940 e. The molecule has 0 aliphatic heterocycles. The number of hydrogen-bond donors (Lipinski definition) is 1. The molecule has 0 saturated carbocycles. The van der Waals surface area contributed by atoms with Gasteiger partial charge in [-0.05, 0) is 42.5 Å². The summed E-state index contributed by atoms with van der Waals surface area (Å²) in [6.07, 6.45) is 5.63. The molecule has 1 aromatic heterocycles. The molecule has 0 saturated heterocycles. The van der Waals surface area contributed by atoms with Gasteiger partial charge in [0, 0.05) is 18.3 Å². The highest BCUT2D eigenvalue weighted by molar-refractivity contribution is 5.39. The van der Waals surface area contributed by atoms with Crippen LogP contribution >= 0.6 is 0 Å². The van der Waals surface area contributed by atoms with E-state index in [1.54, 1.807) is 6.20 Å². The molecule has 0 radical (unpaired) electrons. The largest absolute Gasteiger partial charge is 0.385 e. The second kappa shape index (κ2) is 4.21. The summed E-state index contributed by atoms with van der Waals surface area (Å²) in [5, 5.41) is 10.9. The Labute approximate surface area is 107 Å². The lowest BCUT2D eigenvalue weighted by atomic mass is 9.70. The number of nitrogens with zero attached hydrogens (tertiary/aromatic N) is 1. The molecule has 18 heavy (non-hydrogen) atoms. The number of aryl methyl sites for hydroxylation is 1. The van der Waals surface area contributed by atoms with Crippen molar-refractivity contribution in [2.24, 2.45) is 0 Å². The van der Waals surface area contributed by atoms with Crippen LogP contribution in [0.4, 0.5) is 0 Å². The van der Waals surface area contributed by atoms with Gasteiger partial charge in [0.2, 0.25) is 0 Å². The monoisotopic (exact) mass is 239 g/mol. The van der Waals surface area contributed by atoms with E-state index in [0.29, 0.717) is 0 Å². The van der Waals surface area contributed by atoms with Gasteiger partial charge in [-0.1, -0.05) is 30.3 Å². The first-order chi connectivity index (χ1) is 8.69. The first-order valence-corrected chi connectivity index (χ1v) is 6.40. The molecular weight excluding hydrogens is 222 g/mol. The van der Waals surface area contributed by atoms with Crippen LogP contribution in [-0.2, 0) is 12.0 Å². The van der Waals surface area contributed by atoms with Crippen molar-refractivity contribution in [1.29, 1.82) is 0 Å².